The molecule has 0 unspecified atom stereocenters. The van der Waals surface area contributed by atoms with Crippen LogP contribution in [0.25, 0.3) is 0 Å². The maximum atomic E-state index is 15.3. The molecule has 20 nitrogen and oxygen atoms in total. The summed E-state index contributed by atoms with van der Waals surface area (Å²) in [5, 5.41) is 15.6. The van der Waals surface area contributed by atoms with Crippen LogP contribution in [0.3, 0.4) is 0 Å². The van der Waals surface area contributed by atoms with E-state index in [0.29, 0.717) is 18.4 Å². The van der Waals surface area contributed by atoms with Crippen LogP contribution in [-0.2, 0) is 83.3 Å². The van der Waals surface area contributed by atoms with Crippen LogP contribution in [0, 0.1) is 5.41 Å². The number of ether oxygens (including phenoxy) is 2. The van der Waals surface area contributed by atoms with E-state index in [-0.39, 0.29) is 62.2 Å². The minimum Gasteiger partial charge on any atom is -0.444 e. The van der Waals surface area contributed by atoms with Crippen molar-refractivity contribution >= 4 is 53.5 Å². The van der Waals surface area contributed by atoms with Crippen LogP contribution >= 0.6 is 0 Å². The second kappa shape index (κ2) is 30.6. The molecule has 0 aromatic heterocycles. The van der Waals surface area contributed by atoms with Crippen LogP contribution in [0.4, 0.5) is 9.59 Å². The van der Waals surface area contributed by atoms with Crippen LogP contribution < -0.4 is 26.6 Å². The van der Waals surface area contributed by atoms with Gasteiger partial charge < -0.3 is 45.9 Å². The Kier molecular flexibility index (Phi) is 22.7. The minimum absolute atomic E-state index is 0.00197. The monoisotopic (exact) mass is 1330 g/mol. The molecule has 9 atom stereocenters. The maximum absolute atomic E-state index is 15.3. The zero-order chi connectivity index (χ0) is 70.3. The van der Waals surface area contributed by atoms with Crippen LogP contribution in [0.2, 0.25) is 0 Å². The van der Waals surface area contributed by atoms with Crippen molar-refractivity contribution in [2.24, 2.45) is 5.41 Å². The molecule has 2 heterocycles. The lowest BCUT2D eigenvalue weighted by Crippen LogP contribution is -2.60. The van der Waals surface area contributed by atoms with Gasteiger partial charge in [-0.2, -0.15) is 0 Å². The largest absolute Gasteiger partial charge is 0.444 e. The molecule has 0 bridgehead atoms. The SMILES string of the molecule is C[C@@H](C(=O)N[C@@H](Cc1ccc(CCc2ccc(C(=O)N[C@H]3C[C@@H](C(=O)N[C@@H]4CCCc5ccccc54)N(C(=O)[C@@H](NC(=O)[C@H](C)N(C)C(=O)OC(C)(C)C)C(C)(C)C)C3)cc2)cc1)C(=O)N1Cc2ccccc2C[C@H]1C(=O)N[C@@H]1CCCc2ccccc21)N(C)C(=O)OC(C)(C)C. The molecule has 1 fully saturated rings. The van der Waals surface area contributed by atoms with Crippen LogP contribution in [-0.4, -0.2) is 147 Å². The molecular weight excluding hydrogens is 1230 g/mol. The molecule has 2 aliphatic heterocycles. The van der Waals surface area contributed by atoms with Gasteiger partial charge in [-0.3, -0.25) is 43.4 Å². The zero-order valence-electron chi connectivity index (χ0n) is 58.7. The number of nitrogens with zero attached hydrogens (tertiary/aromatic N) is 4. The predicted octanol–water partition coefficient (Wildman–Crippen LogP) is 9.58. The number of nitrogens with one attached hydrogen (secondary N) is 5. The first-order valence-corrected chi connectivity index (χ1v) is 34.3. The molecule has 0 radical (unpaired) electrons. The third-order valence-corrected chi connectivity index (χ3v) is 19.1. The third-order valence-electron chi connectivity index (χ3n) is 19.1. The summed E-state index contributed by atoms with van der Waals surface area (Å²) < 4.78 is 11.1. The molecule has 5 aromatic carbocycles. The molecule has 97 heavy (non-hydrogen) atoms. The minimum atomic E-state index is -1.13. The first-order valence-electron chi connectivity index (χ1n) is 34.3. The summed E-state index contributed by atoms with van der Waals surface area (Å²) >= 11 is 0. The number of amides is 9. The molecule has 5 N–H and O–H groups in total. The fourth-order valence-electron chi connectivity index (χ4n) is 13.3. The Balaban J connectivity index is 0.875. The van der Waals surface area contributed by atoms with Crippen LogP contribution in [0.5, 0.6) is 0 Å². The molecule has 5 aromatic rings. The number of likely N-dealkylation sites (tertiary alicyclic amines) is 1. The van der Waals surface area contributed by atoms with Crippen molar-refractivity contribution in [1.82, 2.24) is 46.2 Å². The van der Waals surface area contributed by atoms with E-state index >= 15 is 9.59 Å². The van der Waals surface area contributed by atoms with Gasteiger partial charge in [-0.15, -0.1) is 0 Å². The second-order valence-corrected chi connectivity index (χ2v) is 29.8. The first kappa shape index (κ1) is 72.2. The van der Waals surface area contributed by atoms with E-state index in [0.717, 1.165) is 83.0 Å². The van der Waals surface area contributed by atoms with Crippen molar-refractivity contribution in [3.63, 3.8) is 0 Å². The highest BCUT2D eigenvalue weighted by Crippen LogP contribution is 2.34. The summed E-state index contributed by atoms with van der Waals surface area (Å²) in [6.45, 7) is 19.1. The standard InChI is InChI=1S/C77H99N9O11/c1-47(83(12)73(94)96-76(6,7)8)66(87)81-62(71(92)85-45-56-25-15-14-24-55(56)43-63(85)69(90)79-60-30-20-26-52-22-16-18-28-58(52)60)42-51-36-34-49(35-37-51)32-33-50-38-40-54(41-39-50)68(89)78-57-44-64(70(91)80-61-31-21-27-53-23-17-19-29-59(53)61)86(46-57)72(93)65(75(3,4)5)82-67(88)48(2)84(13)74(95)97-77(9,10)11/h14-19,22-25,28-29,34-41,47-48,57,60-65H,20-21,26-27,30-33,42-46H2,1-13H3,(H,78,89)(H,79,90)(H,80,91)(H,81,87)(H,82,88)/t47-,48-,57-,60+,61+,62-,63-,64-,65+/m0/s1. The lowest BCUT2D eigenvalue weighted by Gasteiger charge is -2.39. The Morgan fingerprint density at radius 1 is 0.526 bits per heavy atom. The molecule has 0 saturated carbocycles. The summed E-state index contributed by atoms with van der Waals surface area (Å²) in [6, 6.07) is 31.8. The topological polar surface area (TPSA) is 245 Å². The Hall–Kier alpha value is -9.07. The maximum Gasteiger partial charge on any atom is 0.410 e. The molecule has 4 aliphatic rings. The number of aryl methyl sites for hydroxylation is 4. The number of fused-ring (bicyclic) bond motifs is 3. The molecule has 9 rings (SSSR count). The Bertz CT molecular complexity index is 3700. The van der Waals surface area contributed by atoms with Crippen molar-refractivity contribution in [3.8, 4) is 0 Å². The number of rotatable bonds is 19. The molecule has 20 heteroatoms. The highest BCUT2D eigenvalue weighted by molar-refractivity contribution is 5.97. The molecule has 1 saturated heterocycles. The van der Waals surface area contributed by atoms with E-state index in [1.54, 1.807) is 72.4 Å². The van der Waals surface area contributed by atoms with E-state index in [1.165, 1.54) is 34.4 Å². The Morgan fingerprint density at radius 2 is 0.979 bits per heavy atom. The zero-order valence-corrected chi connectivity index (χ0v) is 58.7. The Labute approximate surface area is 571 Å². The number of likely N-dealkylation sites (N-methyl/N-ethyl adjacent to an activating group) is 2. The highest BCUT2D eigenvalue weighted by Gasteiger charge is 2.47. The van der Waals surface area contributed by atoms with E-state index in [9.17, 15) is 33.6 Å². The van der Waals surface area contributed by atoms with Crippen LogP contribution in [0.1, 0.15) is 181 Å². The summed E-state index contributed by atoms with van der Waals surface area (Å²) in [7, 11) is 2.94. The van der Waals surface area contributed by atoms with Gasteiger partial charge in [0.1, 0.15) is 47.5 Å². The van der Waals surface area contributed by atoms with Gasteiger partial charge in [-0.25, -0.2) is 9.59 Å². The van der Waals surface area contributed by atoms with E-state index in [2.05, 4.69) is 44.8 Å². The van der Waals surface area contributed by atoms with Crippen molar-refractivity contribution < 1.29 is 52.6 Å². The third kappa shape index (κ3) is 18.3. The lowest BCUT2D eigenvalue weighted by molar-refractivity contribution is -0.145. The summed E-state index contributed by atoms with van der Waals surface area (Å²) in [4.78, 5) is 134. The second-order valence-electron chi connectivity index (χ2n) is 29.8. The lowest BCUT2D eigenvalue weighted by atomic mass is 9.85. The van der Waals surface area contributed by atoms with Crippen molar-refractivity contribution in [3.05, 3.63) is 177 Å². The van der Waals surface area contributed by atoms with Gasteiger partial charge in [0.15, 0.2) is 0 Å². The molecule has 2 aliphatic carbocycles. The van der Waals surface area contributed by atoms with Gasteiger partial charge >= 0.3 is 12.2 Å². The molecule has 518 valence electrons. The van der Waals surface area contributed by atoms with Crippen molar-refractivity contribution in [2.45, 2.75) is 219 Å². The first-order chi connectivity index (χ1) is 45.8. The van der Waals surface area contributed by atoms with Gasteiger partial charge in [-0.05, 0) is 181 Å². The van der Waals surface area contributed by atoms with Gasteiger partial charge in [-0.1, -0.05) is 130 Å². The predicted molar refractivity (Wildman–Crippen MR) is 371 cm³/mol. The fraction of sp³-hybridized carbons (Fsp3) is 0.494. The summed E-state index contributed by atoms with van der Waals surface area (Å²) in [6.07, 6.45) is 5.46. The summed E-state index contributed by atoms with van der Waals surface area (Å²) in [5.74, 6) is -3.09. The number of carbonyl (C=O) groups is 9. The summed E-state index contributed by atoms with van der Waals surface area (Å²) in [5.41, 5.74) is 6.99. The van der Waals surface area contributed by atoms with E-state index in [4.69, 9.17) is 9.47 Å². The number of hydrogen-bond donors (Lipinski definition) is 5. The van der Waals surface area contributed by atoms with Gasteiger partial charge in [0.05, 0.1) is 12.1 Å². The molecule has 9 amide bonds. The van der Waals surface area contributed by atoms with Gasteiger partial charge in [0.2, 0.25) is 35.4 Å². The quantitative estimate of drug-likeness (QED) is 0.0521. The number of benzene rings is 5. The van der Waals surface area contributed by atoms with Crippen molar-refractivity contribution in [1.29, 1.82) is 0 Å². The van der Waals surface area contributed by atoms with E-state index in [1.807, 2.05) is 112 Å². The number of carbonyl (C=O) groups excluding carboxylic acids is 9. The van der Waals surface area contributed by atoms with Crippen LogP contribution in [0.15, 0.2) is 121 Å². The average molecular weight is 1330 g/mol. The smallest absolute Gasteiger partial charge is 0.410 e. The average Bonchev–Trinajstić information content (AvgIpc) is 1.67. The number of hydrogen-bond acceptors (Lipinski definition) is 11. The molecule has 0 spiro atoms. The Morgan fingerprint density at radius 3 is 1.48 bits per heavy atom. The van der Waals surface area contributed by atoms with Gasteiger partial charge in [0, 0.05) is 51.6 Å². The molecular formula is C77H99N9O11. The highest BCUT2D eigenvalue weighted by atomic mass is 16.6. The normalized spacial score (nSPS) is 19.6. The van der Waals surface area contributed by atoms with E-state index < -0.39 is 94.7 Å². The van der Waals surface area contributed by atoms with Crippen molar-refractivity contribution in [2.75, 3.05) is 20.6 Å². The van der Waals surface area contributed by atoms with Gasteiger partial charge in [0.25, 0.3) is 5.91 Å². The fourth-order valence-corrected chi connectivity index (χ4v) is 13.3.